The number of methoxy groups -OCH3 is 1. The highest BCUT2D eigenvalue weighted by atomic mass is 16.5. The highest BCUT2D eigenvalue weighted by molar-refractivity contribution is 5.96. The van der Waals surface area contributed by atoms with Gasteiger partial charge in [0.15, 0.2) is 0 Å². The Labute approximate surface area is 163 Å². The van der Waals surface area contributed by atoms with Crippen LogP contribution in [0.5, 0.6) is 5.75 Å². The first-order chi connectivity index (χ1) is 13.1. The van der Waals surface area contributed by atoms with Crippen molar-refractivity contribution >= 4 is 12.0 Å². The number of para-hydroxylation sites is 1. The van der Waals surface area contributed by atoms with Crippen molar-refractivity contribution in [3.8, 4) is 5.75 Å². The molecule has 0 unspecified atom stereocenters. The number of ether oxygens (including phenoxy) is 2. The first-order valence-electron chi connectivity index (χ1n) is 9.16. The minimum Gasteiger partial charge on any atom is -0.426 e. The van der Waals surface area contributed by atoms with Crippen molar-refractivity contribution < 1.29 is 9.47 Å². The molecule has 1 aliphatic heterocycles. The van der Waals surface area contributed by atoms with Crippen LogP contribution in [0, 0.1) is 5.92 Å². The predicted octanol–water partition coefficient (Wildman–Crippen LogP) is 2.68. The van der Waals surface area contributed by atoms with Gasteiger partial charge < -0.3 is 14.8 Å². The normalized spacial score (nSPS) is 14.6. The Kier molecular flexibility index (Phi) is 11.6. The van der Waals surface area contributed by atoms with Gasteiger partial charge in [-0.1, -0.05) is 38.1 Å². The SMILES string of the molecule is C=CCC(C)C.CN=C(NC1=NCN(CCOC)CN1)Oc1ccccc1. The lowest BCUT2D eigenvalue weighted by molar-refractivity contribution is 0.144. The Bertz CT molecular complexity index is 587. The topological polar surface area (TPSA) is 70.5 Å². The number of nitrogens with zero attached hydrogens (tertiary/aromatic N) is 3. The molecule has 0 saturated carbocycles. The largest absolute Gasteiger partial charge is 0.426 e. The standard InChI is InChI=1S/C14H21N5O2.C6H12/c1-15-14(21-12-6-4-3-5-7-12)18-13-16-10-19(11-17-13)8-9-20-2;1-4-5-6(2)3/h3-7H,8-11H2,1-2H3,(H2,15,16,17,18);4,6H,1,5H2,2-3H3. The predicted molar refractivity (Wildman–Crippen MR) is 112 cm³/mol. The lowest BCUT2D eigenvalue weighted by Gasteiger charge is -2.26. The molecule has 0 radical (unpaired) electrons. The summed E-state index contributed by atoms with van der Waals surface area (Å²) in [6.45, 7) is 10.8. The summed E-state index contributed by atoms with van der Waals surface area (Å²) in [4.78, 5) is 10.6. The molecule has 0 spiro atoms. The molecule has 0 bridgehead atoms. The third-order valence-electron chi connectivity index (χ3n) is 3.53. The van der Waals surface area contributed by atoms with Crippen molar-refractivity contribution in [2.24, 2.45) is 15.9 Å². The Hall–Kier alpha value is -2.38. The second kappa shape index (κ2) is 13.8. The third kappa shape index (κ3) is 10.4. The Morgan fingerprint density at radius 1 is 1.41 bits per heavy atom. The zero-order valence-corrected chi connectivity index (χ0v) is 16.9. The average Bonchev–Trinajstić information content (AvgIpc) is 2.68. The molecule has 0 amide bonds. The van der Waals surface area contributed by atoms with Crippen LogP contribution in [0.25, 0.3) is 0 Å². The number of allylic oxidation sites excluding steroid dienone is 1. The second-order valence-electron chi connectivity index (χ2n) is 6.36. The minimum atomic E-state index is 0.401. The highest BCUT2D eigenvalue weighted by Gasteiger charge is 2.13. The van der Waals surface area contributed by atoms with Gasteiger partial charge >= 0.3 is 0 Å². The Morgan fingerprint density at radius 3 is 2.63 bits per heavy atom. The Balaban J connectivity index is 0.000000527. The zero-order valence-electron chi connectivity index (χ0n) is 16.9. The van der Waals surface area contributed by atoms with E-state index in [1.807, 2.05) is 36.4 Å². The number of hydrogen-bond acceptors (Lipinski definition) is 6. The third-order valence-corrected chi connectivity index (χ3v) is 3.53. The van der Waals surface area contributed by atoms with Gasteiger partial charge in [-0.3, -0.25) is 10.2 Å². The van der Waals surface area contributed by atoms with Crippen LogP contribution in [0.2, 0.25) is 0 Å². The first kappa shape index (κ1) is 22.7. The van der Waals surface area contributed by atoms with E-state index < -0.39 is 0 Å². The van der Waals surface area contributed by atoms with Crippen molar-refractivity contribution in [1.29, 1.82) is 0 Å². The molecule has 0 fully saturated rings. The van der Waals surface area contributed by atoms with E-state index in [-0.39, 0.29) is 0 Å². The van der Waals surface area contributed by atoms with E-state index >= 15 is 0 Å². The maximum absolute atomic E-state index is 5.64. The van der Waals surface area contributed by atoms with Crippen molar-refractivity contribution in [3.05, 3.63) is 43.0 Å². The molecule has 0 atom stereocenters. The number of aliphatic imine (C=N–C) groups is 2. The van der Waals surface area contributed by atoms with E-state index in [4.69, 9.17) is 9.47 Å². The molecule has 0 aliphatic carbocycles. The van der Waals surface area contributed by atoms with Crippen LogP contribution >= 0.6 is 0 Å². The zero-order chi connectivity index (χ0) is 19.9. The molecule has 1 aromatic rings. The van der Waals surface area contributed by atoms with Crippen LogP contribution in [-0.2, 0) is 4.74 Å². The summed E-state index contributed by atoms with van der Waals surface area (Å²) in [7, 11) is 3.36. The van der Waals surface area contributed by atoms with E-state index in [2.05, 4.69) is 45.9 Å². The molecule has 1 heterocycles. The molecule has 27 heavy (non-hydrogen) atoms. The minimum absolute atomic E-state index is 0.401. The van der Waals surface area contributed by atoms with Crippen LogP contribution in [0.3, 0.4) is 0 Å². The molecule has 1 aliphatic rings. The van der Waals surface area contributed by atoms with Crippen LogP contribution in [0.15, 0.2) is 53.0 Å². The van der Waals surface area contributed by atoms with Gasteiger partial charge in [0.1, 0.15) is 5.75 Å². The summed E-state index contributed by atoms with van der Waals surface area (Å²) in [5, 5.41) is 6.22. The molecule has 150 valence electrons. The van der Waals surface area contributed by atoms with E-state index in [1.54, 1.807) is 14.2 Å². The highest BCUT2D eigenvalue weighted by Crippen LogP contribution is 2.08. The van der Waals surface area contributed by atoms with E-state index in [1.165, 1.54) is 0 Å². The van der Waals surface area contributed by atoms with Crippen LogP contribution in [0.1, 0.15) is 20.3 Å². The van der Waals surface area contributed by atoms with Crippen molar-refractivity contribution in [1.82, 2.24) is 15.5 Å². The van der Waals surface area contributed by atoms with Crippen molar-refractivity contribution in [3.63, 3.8) is 0 Å². The number of benzene rings is 1. The van der Waals surface area contributed by atoms with Crippen LogP contribution < -0.4 is 15.4 Å². The van der Waals surface area contributed by atoms with E-state index in [0.717, 1.165) is 24.6 Å². The van der Waals surface area contributed by atoms with Gasteiger partial charge in [0.25, 0.3) is 6.02 Å². The quantitative estimate of drug-likeness (QED) is 0.454. The first-order valence-corrected chi connectivity index (χ1v) is 9.16. The van der Waals surface area contributed by atoms with Gasteiger partial charge in [-0.25, -0.2) is 9.98 Å². The molecule has 0 saturated heterocycles. The molecule has 2 rings (SSSR count). The molecule has 7 nitrogen and oxygen atoms in total. The summed E-state index contributed by atoms with van der Waals surface area (Å²) < 4.78 is 10.7. The fourth-order valence-electron chi connectivity index (χ4n) is 2.08. The number of hydrogen-bond donors (Lipinski definition) is 2. The lowest BCUT2D eigenvalue weighted by atomic mass is 10.1. The fraction of sp³-hybridized carbons (Fsp3) is 0.500. The molecule has 0 aromatic heterocycles. The summed E-state index contributed by atoms with van der Waals surface area (Å²) in [6, 6.07) is 9.90. The number of amidine groups is 1. The van der Waals surface area contributed by atoms with Crippen molar-refractivity contribution in [2.45, 2.75) is 20.3 Å². The fourth-order valence-corrected chi connectivity index (χ4v) is 2.08. The van der Waals surface area contributed by atoms with Gasteiger partial charge in [0.05, 0.1) is 19.9 Å². The number of guanidine groups is 1. The van der Waals surface area contributed by atoms with Gasteiger partial charge in [-0.05, 0) is 24.5 Å². The van der Waals surface area contributed by atoms with Crippen molar-refractivity contribution in [2.75, 3.05) is 40.6 Å². The summed E-state index contributed by atoms with van der Waals surface area (Å²) in [5.74, 6) is 2.16. The molecular weight excluding hydrogens is 342 g/mol. The smallest absolute Gasteiger partial charge is 0.296 e. The number of nitrogens with one attached hydrogen (secondary N) is 2. The van der Waals surface area contributed by atoms with Gasteiger partial charge in [0, 0.05) is 20.7 Å². The molecule has 7 heteroatoms. The Morgan fingerprint density at radius 2 is 2.15 bits per heavy atom. The maximum atomic E-state index is 5.64. The molecule has 2 N–H and O–H groups in total. The maximum Gasteiger partial charge on any atom is 0.296 e. The van der Waals surface area contributed by atoms with Crippen LogP contribution in [0.4, 0.5) is 0 Å². The van der Waals surface area contributed by atoms with Gasteiger partial charge in [0.2, 0.25) is 5.96 Å². The number of rotatable bonds is 6. The molecule has 1 aromatic carbocycles. The van der Waals surface area contributed by atoms with Crippen LogP contribution in [-0.4, -0.2) is 57.5 Å². The average molecular weight is 376 g/mol. The van der Waals surface area contributed by atoms with E-state index in [0.29, 0.717) is 31.9 Å². The van der Waals surface area contributed by atoms with E-state index in [9.17, 15) is 0 Å². The summed E-state index contributed by atoms with van der Waals surface area (Å²) >= 11 is 0. The summed E-state index contributed by atoms with van der Waals surface area (Å²) in [6.07, 6.45) is 3.09. The van der Waals surface area contributed by atoms with Gasteiger partial charge in [-0.2, -0.15) is 0 Å². The monoisotopic (exact) mass is 375 g/mol. The second-order valence-corrected chi connectivity index (χ2v) is 6.36. The lowest BCUT2D eigenvalue weighted by Crippen LogP contribution is -2.51. The molecular formula is C20H33N5O2. The summed E-state index contributed by atoms with van der Waals surface area (Å²) in [5.41, 5.74) is 0. The van der Waals surface area contributed by atoms with Gasteiger partial charge in [-0.15, -0.1) is 6.58 Å².